The molecule has 3 N–H and O–H groups in total. The molecule has 4 rings (SSSR count). The second-order valence-electron chi connectivity index (χ2n) is 9.85. The summed E-state index contributed by atoms with van der Waals surface area (Å²) in [6, 6.07) is 11.7. The van der Waals surface area contributed by atoms with E-state index in [1.807, 2.05) is 36.7 Å². The lowest BCUT2D eigenvalue weighted by molar-refractivity contribution is -0.117. The summed E-state index contributed by atoms with van der Waals surface area (Å²) in [5.74, 6) is 0.387. The van der Waals surface area contributed by atoms with Gasteiger partial charge in [0.05, 0.1) is 41.2 Å². The minimum absolute atomic E-state index is 0.0957. The summed E-state index contributed by atoms with van der Waals surface area (Å²) in [4.78, 5) is 13.0. The highest BCUT2D eigenvalue weighted by Crippen LogP contribution is 2.41. The fourth-order valence-electron chi connectivity index (χ4n) is 5.33. The number of hydrogen-bond acceptors (Lipinski definition) is 7. The number of benzene rings is 1. The third-order valence-corrected chi connectivity index (χ3v) is 6.89. The summed E-state index contributed by atoms with van der Waals surface area (Å²) in [7, 11) is 1.71. The third-order valence-electron chi connectivity index (χ3n) is 6.89. The standard InChI is InChI=1S/C27H33N7O/c1-27(18-33-19-32-25-6-5-20(13-28)10-26(25)33)8-3-4-21(12-27)16-34(35)17-24-11-22(7-9-31-24)23(14-29)15-30-2/h5-7,9-11,14-15,19,21,35H,3-4,8,12,16-18,29H2,1-2H3/t21?,27-/m0/s1. The maximum Gasteiger partial charge on any atom is 0.0992 e. The van der Waals surface area contributed by atoms with Gasteiger partial charge in [0.25, 0.3) is 0 Å². The van der Waals surface area contributed by atoms with Crippen LogP contribution in [0.1, 0.15) is 49.4 Å². The number of fused-ring (bicyclic) bond motifs is 1. The van der Waals surface area contributed by atoms with Gasteiger partial charge in [-0.3, -0.25) is 9.98 Å². The molecule has 2 aromatic heterocycles. The molecule has 0 spiro atoms. The van der Waals surface area contributed by atoms with Gasteiger partial charge in [0.15, 0.2) is 0 Å². The molecule has 182 valence electrons. The number of nitriles is 1. The van der Waals surface area contributed by atoms with Crippen LogP contribution in [0.3, 0.4) is 0 Å². The Morgan fingerprint density at radius 2 is 2.23 bits per heavy atom. The fourth-order valence-corrected chi connectivity index (χ4v) is 5.33. The average molecular weight is 472 g/mol. The van der Waals surface area contributed by atoms with Crippen molar-refractivity contribution in [3.05, 3.63) is 65.9 Å². The van der Waals surface area contributed by atoms with Crippen LogP contribution in [0.15, 0.2) is 54.0 Å². The number of nitrogens with zero attached hydrogens (tertiary/aromatic N) is 6. The number of rotatable bonds is 8. The zero-order valence-electron chi connectivity index (χ0n) is 20.4. The van der Waals surface area contributed by atoms with Crippen molar-refractivity contribution in [1.82, 2.24) is 19.6 Å². The molecule has 0 radical (unpaired) electrons. The molecular formula is C27H33N7O. The Bertz CT molecular complexity index is 1270. The predicted octanol–water partition coefficient (Wildman–Crippen LogP) is 4.39. The largest absolute Gasteiger partial charge is 0.404 e. The molecule has 1 aliphatic carbocycles. The van der Waals surface area contributed by atoms with Crippen molar-refractivity contribution in [3.63, 3.8) is 0 Å². The van der Waals surface area contributed by atoms with Gasteiger partial charge in [0.2, 0.25) is 0 Å². The third kappa shape index (κ3) is 5.94. The summed E-state index contributed by atoms with van der Waals surface area (Å²) in [5.41, 5.74) is 10.9. The monoisotopic (exact) mass is 471 g/mol. The van der Waals surface area contributed by atoms with Gasteiger partial charge < -0.3 is 15.5 Å². The van der Waals surface area contributed by atoms with Gasteiger partial charge in [-0.15, -0.1) is 0 Å². The zero-order chi connectivity index (χ0) is 24.8. The van der Waals surface area contributed by atoms with Crippen molar-refractivity contribution in [1.29, 1.82) is 5.26 Å². The Morgan fingerprint density at radius 1 is 1.37 bits per heavy atom. The molecule has 0 aliphatic heterocycles. The van der Waals surface area contributed by atoms with E-state index in [1.54, 1.807) is 19.5 Å². The topological polar surface area (TPSA) is 116 Å². The Kier molecular flexibility index (Phi) is 7.59. The van der Waals surface area contributed by atoms with Crippen molar-refractivity contribution >= 4 is 22.8 Å². The number of aromatic nitrogens is 3. The summed E-state index contributed by atoms with van der Waals surface area (Å²) in [5, 5.41) is 21.4. The summed E-state index contributed by atoms with van der Waals surface area (Å²) >= 11 is 0. The molecule has 0 bridgehead atoms. The van der Waals surface area contributed by atoms with Crippen LogP contribution in [0.25, 0.3) is 16.6 Å². The molecule has 3 aromatic rings. The first-order chi connectivity index (χ1) is 16.9. The van der Waals surface area contributed by atoms with Crippen molar-refractivity contribution in [2.45, 2.75) is 45.7 Å². The van der Waals surface area contributed by atoms with Gasteiger partial charge in [-0.05, 0) is 66.5 Å². The number of pyridine rings is 1. The highest BCUT2D eigenvalue weighted by molar-refractivity contribution is 6.09. The maximum atomic E-state index is 10.8. The molecule has 0 saturated heterocycles. The van der Waals surface area contributed by atoms with Crippen LogP contribution in [0, 0.1) is 22.7 Å². The number of allylic oxidation sites excluding steroid dienone is 1. The normalized spacial score (nSPS) is 21.1. The molecule has 1 fully saturated rings. The van der Waals surface area contributed by atoms with Crippen molar-refractivity contribution in [2.75, 3.05) is 13.6 Å². The molecule has 0 amide bonds. The summed E-state index contributed by atoms with van der Waals surface area (Å²) < 4.78 is 2.17. The number of hydroxylamine groups is 2. The van der Waals surface area contributed by atoms with Crippen molar-refractivity contribution in [3.8, 4) is 6.07 Å². The number of nitrogens with two attached hydrogens (primary N) is 1. The Hall–Kier alpha value is -3.54. The molecule has 8 heteroatoms. The molecule has 2 heterocycles. The predicted molar refractivity (Wildman–Crippen MR) is 138 cm³/mol. The summed E-state index contributed by atoms with van der Waals surface area (Å²) in [6.45, 7) is 4.12. The lowest BCUT2D eigenvalue weighted by Gasteiger charge is -2.39. The number of imidazole rings is 1. The van der Waals surface area contributed by atoms with Crippen LogP contribution in [-0.4, -0.2) is 44.6 Å². The first-order valence-corrected chi connectivity index (χ1v) is 12.0. The van der Waals surface area contributed by atoms with Crippen LogP contribution >= 0.6 is 0 Å². The van der Waals surface area contributed by atoms with Gasteiger partial charge in [-0.2, -0.15) is 10.3 Å². The first-order valence-electron chi connectivity index (χ1n) is 12.0. The molecule has 1 aliphatic rings. The lowest BCUT2D eigenvalue weighted by atomic mass is 9.70. The second kappa shape index (κ2) is 10.8. The van der Waals surface area contributed by atoms with Crippen LogP contribution in [0.4, 0.5) is 0 Å². The molecule has 2 atom stereocenters. The SMILES string of the molecule is CN=CC(=CN)c1ccnc(CN(O)CC2CCC[C@](C)(Cn3cnc4ccc(C#N)cc43)C2)c1. The van der Waals surface area contributed by atoms with E-state index >= 15 is 0 Å². The van der Waals surface area contributed by atoms with Crippen molar-refractivity contribution in [2.24, 2.45) is 22.1 Å². The minimum Gasteiger partial charge on any atom is -0.404 e. The van der Waals surface area contributed by atoms with Gasteiger partial charge in [0.1, 0.15) is 0 Å². The van der Waals surface area contributed by atoms with Crippen LogP contribution < -0.4 is 5.73 Å². The molecule has 8 nitrogen and oxygen atoms in total. The Balaban J connectivity index is 1.40. The second-order valence-corrected chi connectivity index (χ2v) is 9.85. The van der Waals surface area contributed by atoms with Gasteiger partial charge >= 0.3 is 0 Å². The van der Waals surface area contributed by atoms with E-state index in [9.17, 15) is 10.5 Å². The van der Waals surface area contributed by atoms with Crippen LogP contribution in [0.5, 0.6) is 0 Å². The molecular weight excluding hydrogens is 438 g/mol. The number of hydrogen-bond donors (Lipinski definition) is 2. The van der Waals surface area contributed by atoms with E-state index < -0.39 is 0 Å². The van der Waals surface area contributed by atoms with E-state index in [2.05, 4.69) is 32.5 Å². The van der Waals surface area contributed by atoms with Crippen molar-refractivity contribution < 1.29 is 5.21 Å². The molecule has 1 saturated carbocycles. The van der Waals surface area contributed by atoms with Gasteiger partial charge in [0, 0.05) is 44.3 Å². The fraction of sp³-hybridized carbons (Fsp3) is 0.407. The van der Waals surface area contributed by atoms with Crippen LogP contribution in [-0.2, 0) is 13.1 Å². The average Bonchev–Trinajstić information content (AvgIpc) is 3.23. The lowest BCUT2D eigenvalue weighted by Crippen LogP contribution is -2.35. The van der Waals surface area contributed by atoms with Gasteiger partial charge in [-0.25, -0.2) is 4.98 Å². The van der Waals surface area contributed by atoms with E-state index in [-0.39, 0.29) is 5.41 Å². The smallest absolute Gasteiger partial charge is 0.0992 e. The first kappa shape index (κ1) is 24.6. The molecule has 1 aromatic carbocycles. The van der Waals surface area contributed by atoms with E-state index in [1.165, 1.54) is 11.3 Å². The maximum absolute atomic E-state index is 10.8. The highest BCUT2D eigenvalue weighted by Gasteiger charge is 2.33. The van der Waals surface area contributed by atoms with E-state index in [0.717, 1.165) is 60.1 Å². The Labute approximate surface area is 206 Å². The minimum atomic E-state index is 0.0957. The van der Waals surface area contributed by atoms with E-state index in [0.29, 0.717) is 24.6 Å². The molecule has 1 unspecified atom stereocenters. The molecule has 35 heavy (non-hydrogen) atoms. The Morgan fingerprint density at radius 3 is 3.00 bits per heavy atom. The summed E-state index contributed by atoms with van der Waals surface area (Å²) in [6.07, 6.45) is 11.2. The highest BCUT2D eigenvalue weighted by atomic mass is 16.5. The van der Waals surface area contributed by atoms with Crippen LogP contribution in [0.2, 0.25) is 0 Å². The van der Waals surface area contributed by atoms with Gasteiger partial charge in [-0.1, -0.05) is 13.3 Å². The zero-order valence-corrected chi connectivity index (χ0v) is 20.4. The van der Waals surface area contributed by atoms with E-state index in [4.69, 9.17) is 5.73 Å². The number of aliphatic imine (C=N–C) groups is 1. The quantitative estimate of drug-likeness (QED) is 0.372.